The molecule has 2 rings (SSSR count). The Morgan fingerprint density at radius 2 is 2.05 bits per heavy atom. The summed E-state index contributed by atoms with van der Waals surface area (Å²) in [6, 6.07) is 0. The van der Waals surface area contributed by atoms with Gasteiger partial charge in [0.1, 0.15) is 5.82 Å². The zero-order valence-corrected chi connectivity index (χ0v) is 14.6. The molecule has 5 nitrogen and oxygen atoms in total. The molecule has 120 valence electrons. The molecule has 7 heteroatoms. The number of anilines is 1. The summed E-state index contributed by atoms with van der Waals surface area (Å²) in [5, 5.41) is 6.82. The van der Waals surface area contributed by atoms with Crippen LogP contribution in [-0.4, -0.2) is 28.4 Å². The molecule has 0 aliphatic carbocycles. The van der Waals surface area contributed by atoms with Crippen molar-refractivity contribution in [3.63, 3.8) is 0 Å². The molecule has 0 bridgehead atoms. The molecule has 0 atom stereocenters. The Morgan fingerprint density at radius 3 is 2.62 bits per heavy atom. The van der Waals surface area contributed by atoms with Gasteiger partial charge in [-0.2, -0.15) is 4.37 Å². The minimum absolute atomic E-state index is 0. The zero-order chi connectivity index (χ0) is 14.6. The highest BCUT2D eigenvalue weighted by Crippen LogP contribution is 2.23. The third kappa shape index (κ3) is 5.88. The Labute approximate surface area is 136 Å². The van der Waals surface area contributed by atoms with Crippen molar-refractivity contribution in [2.45, 2.75) is 51.9 Å². The van der Waals surface area contributed by atoms with E-state index in [0.717, 1.165) is 25.3 Å². The predicted molar refractivity (Wildman–Crippen MR) is 89.3 cm³/mol. The number of halogens is 1. The lowest BCUT2D eigenvalue weighted by Crippen LogP contribution is -2.28. The molecular weight excluding hydrogens is 308 g/mol. The Kier molecular flexibility index (Phi) is 7.03. The van der Waals surface area contributed by atoms with Gasteiger partial charge in [-0.25, -0.2) is 4.98 Å². The molecule has 0 spiro atoms. The van der Waals surface area contributed by atoms with E-state index < -0.39 is 0 Å². The van der Waals surface area contributed by atoms with Crippen LogP contribution in [0.5, 0.6) is 0 Å². The number of nitrogens with one attached hydrogen (secondary N) is 2. The van der Waals surface area contributed by atoms with Crippen LogP contribution in [-0.2, 0) is 10.2 Å². The molecule has 0 radical (unpaired) electrons. The Hall–Kier alpha value is -0.720. The van der Waals surface area contributed by atoms with Gasteiger partial charge in [0.05, 0.1) is 0 Å². The highest BCUT2D eigenvalue weighted by atomic mass is 35.5. The lowest BCUT2D eigenvalue weighted by atomic mass is 9.93. The molecule has 0 saturated carbocycles. The van der Waals surface area contributed by atoms with E-state index in [-0.39, 0.29) is 23.7 Å². The van der Waals surface area contributed by atoms with Crippen molar-refractivity contribution in [3.8, 4) is 0 Å². The minimum Gasteiger partial charge on any atom is -0.317 e. The first-order valence-electron chi connectivity index (χ1n) is 7.30. The summed E-state index contributed by atoms with van der Waals surface area (Å²) < 4.78 is 4.30. The molecule has 1 fully saturated rings. The lowest BCUT2D eigenvalue weighted by Gasteiger charge is -2.21. The van der Waals surface area contributed by atoms with Crippen LogP contribution in [0.1, 0.15) is 52.3 Å². The Bertz CT molecular complexity index is 452. The van der Waals surface area contributed by atoms with Crippen LogP contribution in [0, 0.1) is 5.92 Å². The van der Waals surface area contributed by atoms with E-state index in [2.05, 4.69) is 40.8 Å². The lowest BCUT2D eigenvalue weighted by molar-refractivity contribution is -0.116. The van der Waals surface area contributed by atoms with E-state index in [4.69, 9.17) is 0 Å². The second-order valence-corrected chi connectivity index (χ2v) is 7.21. The van der Waals surface area contributed by atoms with Crippen LogP contribution in [0.4, 0.5) is 5.13 Å². The largest absolute Gasteiger partial charge is 0.317 e. The number of rotatable bonds is 4. The standard InChI is InChI=1S/C14H24N4OS.ClH/c1-14(2,3)12-17-13(20-18-12)16-11(19)5-4-10-6-8-15-9-7-10;/h10,15H,4-9H2,1-3H3,(H,16,17,18,19);1H. The molecule has 1 aromatic heterocycles. The average molecular weight is 333 g/mol. The van der Waals surface area contributed by atoms with Gasteiger partial charge in [-0.05, 0) is 38.3 Å². The number of piperidine rings is 1. The number of carbonyl (C=O) groups is 1. The monoisotopic (exact) mass is 332 g/mol. The molecule has 1 aromatic rings. The second kappa shape index (κ2) is 8.06. The van der Waals surface area contributed by atoms with Crippen molar-refractivity contribution in [3.05, 3.63) is 5.82 Å². The average Bonchev–Trinajstić information content (AvgIpc) is 2.86. The van der Waals surface area contributed by atoms with E-state index in [1.807, 2.05) is 0 Å². The van der Waals surface area contributed by atoms with Gasteiger partial charge in [0.15, 0.2) is 0 Å². The zero-order valence-electron chi connectivity index (χ0n) is 12.9. The number of aromatic nitrogens is 2. The molecule has 1 amide bonds. The number of hydrogen-bond donors (Lipinski definition) is 2. The summed E-state index contributed by atoms with van der Waals surface area (Å²) in [4.78, 5) is 16.3. The van der Waals surface area contributed by atoms with Crippen molar-refractivity contribution < 1.29 is 4.79 Å². The summed E-state index contributed by atoms with van der Waals surface area (Å²) in [7, 11) is 0. The normalized spacial score (nSPS) is 16.3. The van der Waals surface area contributed by atoms with Gasteiger partial charge in [-0.3, -0.25) is 4.79 Å². The third-order valence-corrected chi connectivity index (χ3v) is 4.21. The Balaban J connectivity index is 0.00000220. The minimum atomic E-state index is -0.0748. The molecule has 1 aliphatic rings. The van der Waals surface area contributed by atoms with E-state index in [0.29, 0.717) is 17.5 Å². The van der Waals surface area contributed by atoms with Crippen molar-refractivity contribution in [2.75, 3.05) is 18.4 Å². The fraction of sp³-hybridized carbons (Fsp3) is 0.786. The fourth-order valence-electron chi connectivity index (χ4n) is 2.27. The molecule has 1 aliphatic heterocycles. The van der Waals surface area contributed by atoms with Gasteiger partial charge < -0.3 is 10.6 Å². The van der Waals surface area contributed by atoms with Crippen molar-refractivity contribution in [1.29, 1.82) is 0 Å². The third-order valence-electron chi connectivity index (χ3n) is 3.58. The van der Waals surface area contributed by atoms with Crippen molar-refractivity contribution in [2.24, 2.45) is 5.92 Å². The van der Waals surface area contributed by atoms with Crippen molar-refractivity contribution in [1.82, 2.24) is 14.7 Å². The maximum atomic E-state index is 11.9. The highest BCUT2D eigenvalue weighted by molar-refractivity contribution is 7.09. The summed E-state index contributed by atoms with van der Waals surface area (Å²) in [5.74, 6) is 1.53. The summed E-state index contributed by atoms with van der Waals surface area (Å²) >= 11 is 1.26. The van der Waals surface area contributed by atoms with Crippen LogP contribution in [0.3, 0.4) is 0 Å². The number of amides is 1. The summed E-state index contributed by atoms with van der Waals surface area (Å²) in [5.41, 5.74) is -0.0748. The van der Waals surface area contributed by atoms with Gasteiger partial charge in [-0.15, -0.1) is 12.4 Å². The smallest absolute Gasteiger partial charge is 0.226 e. The molecule has 21 heavy (non-hydrogen) atoms. The van der Waals surface area contributed by atoms with Gasteiger partial charge in [-0.1, -0.05) is 20.8 Å². The maximum Gasteiger partial charge on any atom is 0.226 e. The van der Waals surface area contributed by atoms with Crippen molar-refractivity contribution >= 4 is 35.0 Å². The fourth-order valence-corrected chi connectivity index (χ4v) is 3.04. The number of hydrogen-bond acceptors (Lipinski definition) is 5. The maximum absolute atomic E-state index is 11.9. The number of carbonyl (C=O) groups excluding carboxylic acids is 1. The molecule has 2 heterocycles. The SMILES string of the molecule is CC(C)(C)c1nsc(NC(=O)CCC2CCNCC2)n1.Cl. The van der Waals surface area contributed by atoms with Crippen LogP contribution in [0.25, 0.3) is 0 Å². The van der Waals surface area contributed by atoms with Crippen LogP contribution >= 0.6 is 23.9 Å². The van der Waals surface area contributed by atoms with Gasteiger partial charge in [0, 0.05) is 23.4 Å². The van der Waals surface area contributed by atoms with Crippen LogP contribution < -0.4 is 10.6 Å². The van der Waals surface area contributed by atoms with Crippen LogP contribution in [0.2, 0.25) is 0 Å². The first-order chi connectivity index (χ1) is 9.45. The molecular formula is C14H25ClN4OS. The highest BCUT2D eigenvalue weighted by Gasteiger charge is 2.20. The van der Waals surface area contributed by atoms with Gasteiger partial charge in [0.2, 0.25) is 11.0 Å². The summed E-state index contributed by atoms with van der Waals surface area (Å²) in [6.45, 7) is 8.36. The first-order valence-corrected chi connectivity index (χ1v) is 8.07. The summed E-state index contributed by atoms with van der Waals surface area (Å²) in [6.07, 6.45) is 3.91. The second-order valence-electron chi connectivity index (χ2n) is 6.45. The van der Waals surface area contributed by atoms with Crippen LogP contribution in [0.15, 0.2) is 0 Å². The van der Waals surface area contributed by atoms with E-state index in [1.54, 1.807) is 0 Å². The Morgan fingerprint density at radius 1 is 1.38 bits per heavy atom. The molecule has 1 saturated heterocycles. The molecule has 0 unspecified atom stereocenters. The van der Waals surface area contributed by atoms with Gasteiger partial charge in [0.25, 0.3) is 0 Å². The van der Waals surface area contributed by atoms with Gasteiger partial charge >= 0.3 is 0 Å². The number of nitrogens with zero attached hydrogens (tertiary/aromatic N) is 2. The van der Waals surface area contributed by atoms with E-state index >= 15 is 0 Å². The molecule has 2 N–H and O–H groups in total. The topological polar surface area (TPSA) is 66.9 Å². The quantitative estimate of drug-likeness (QED) is 0.889. The molecule has 0 aromatic carbocycles. The van der Waals surface area contributed by atoms with E-state index in [9.17, 15) is 4.79 Å². The van der Waals surface area contributed by atoms with E-state index in [1.165, 1.54) is 24.4 Å². The predicted octanol–water partition coefficient (Wildman–Crippen LogP) is 2.98. The first kappa shape index (κ1) is 18.3.